The summed E-state index contributed by atoms with van der Waals surface area (Å²) in [5.41, 5.74) is 0.658. The minimum atomic E-state index is -0.647. The Morgan fingerprint density at radius 1 is 1.42 bits per heavy atom. The summed E-state index contributed by atoms with van der Waals surface area (Å²) < 4.78 is 6.32. The molecule has 0 saturated carbocycles. The lowest BCUT2D eigenvalue weighted by Gasteiger charge is -2.14. The minimum absolute atomic E-state index is 0.0475. The summed E-state index contributed by atoms with van der Waals surface area (Å²) in [5, 5.41) is 12.4. The highest BCUT2D eigenvalue weighted by Crippen LogP contribution is 2.28. The summed E-state index contributed by atoms with van der Waals surface area (Å²) in [4.78, 5) is 11.6. The monoisotopic (exact) mass is 329 g/mol. The van der Waals surface area contributed by atoms with Crippen molar-refractivity contribution in [1.82, 2.24) is 5.32 Å². The molecule has 1 amide bonds. The molecule has 0 saturated heterocycles. The Morgan fingerprint density at radius 3 is 2.68 bits per heavy atom. The van der Waals surface area contributed by atoms with Gasteiger partial charge in [0.1, 0.15) is 5.75 Å². The summed E-state index contributed by atoms with van der Waals surface area (Å²) in [6, 6.07) is 5.33. The standard InChI is InChI=1S/C14H20BrNO3/c1-9(2)7-16-14(18)8-19-13-5-4-11(15)6-12(13)10(3)17/h4-6,9-10,17H,7-8H2,1-3H3,(H,16,18)/t10-/m0/s1. The number of benzene rings is 1. The maximum atomic E-state index is 11.6. The number of hydrogen-bond donors (Lipinski definition) is 2. The van der Waals surface area contributed by atoms with Crippen LogP contribution in [0, 0.1) is 5.92 Å². The van der Waals surface area contributed by atoms with Gasteiger partial charge in [-0.25, -0.2) is 0 Å². The molecule has 0 radical (unpaired) electrons. The molecule has 1 aromatic rings. The van der Waals surface area contributed by atoms with E-state index in [0.717, 1.165) is 4.47 Å². The molecule has 1 aromatic carbocycles. The SMILES string of the molecule is CC(C)CNC(=O)COc1ccc(Br)cc1[C@H](C)O. The van der Waals surface area contributed by atoms with Crippen molar-refractivity contribution in [3.05, 3.63) is 28.2 Å². The Morgan fingerprint density at radius 2 is 2.11 bits per heavy atom. The topological polar surface area (TPSA) is 58.6 Å². The van der Waals surface area contributed by atoms with E-state index in [-0.39, 0.29) is 12.5 Å². The maximum Gasteiger partial charge on any atom is 0.257 e. The van der Waals surface area contributed by atoms with Crippen molar-refractivity contribution in [2.75, 3.05) is 13.2 Å². The molecule has 0 unspecified atom stereocenters. The fraction of sp³-hybridized carbons (Fsp3) is 0.500. The number of carbonyl (C=O) groups is 1. The Balaban J connectivity index is 2.60. The molecule has 0 bridgehead atoms. The van der Waals surface area contributed by atoms with E-state index in [0.29, 0.717) is 23.8 Å². The molecular formula is C14H20BrNO3. The maximum absolute atomic E-state index is 11.6. The minimum Gasteiger partial charge on any atom is -0.483 e. The smallest absolute Gasteiger partial charge is 0.257 e. The molecule has 0 aliphatic rings. The number of hydrogen-bond acceptors (Lipinski definition) is 3. The van der Waals surface area contributed by atoms with Gasteiger partial charge in [0.25, 0.3) is 5.91 Å². The van der Waals surface area contributed by atoms with E-state index in [1.54, 1.807) is 19.1 Å². The van der Waals surface area contributed by atoms with Gasteiger partial charge in [-0.05, 0) is 31.0 Å². The first-order valence-electron chi connectivity index (χ1n) is 6.27. The van der Waals surface area contributed by atoms with E-state index >= 15 is 0 Å². The first-order valence-corrected chi connectivity index (χ1v) is 7.06. The second-order valence-corrected chi connectivity index (χ2v) is 5.76. The number of ether oxygens (including phenoxy) is 1. The highest BCUT2D eigenvalue weighted by molar-refractivity contribution is 9.10. The van der Waals surface area contributed by atoms with Crippen LogP contribution in [0.1, 0.15) is 32.4 Å². The Bertz CT molecular complexity index is 433. The lowest BCUT2D eigenvalue weighted by molar-refractivity contribution is -0.123. The Hall–Kier alpha value is -1.07. The average molecular weight is 330 g/mol. The van der Waals surface area contributed by atoms with E-state index in [9.17, 15) is 9.90 Å². The van der Waals surface area contributed by atoms with Gasteiger partial charge in [0, 0.05) is 16.6 Å². The van der Waals surface area contributed by atoms with Crippen LogP contribution in [0.25, 0.3) is 0 Å². The molecule has 0 spiro atoms. The Kier molecular flexibility index (Phi) is 6.31. The van der Waals surface area contributed by atoms with Crippen LogP contribution in [0.3, 0.4) is 0 Å². The highest BCUT2D eigenvalue weighted by Gasteiger charge is 2.11. The van der Waals surface area contributed by atoms with E-state index in [2.05, 4.69) is 21.2 Å². The molecule has 2 N–H and O–H groups in total. The molecule has 0 fully saturated rings. The van der Waals surface area contributed by atoms with Crippen molar-refractivity contribution >= 4 is 21.8 Å². The zero-order chi connectivity index (χ0) is 14.4. The predicted octanol–water partition coefficient (Wildman–Crippen LogP) is 2.65. The zero-order valence-corrected chi connectivity index (χ0v) is 13.0. The fourth-order valence-corrected chi connectivity index (χ4v) is 1.87. The fourth-order valence-electron chi connectivity index (χ4n) is 1.49. The highest BCUT2D eigenvalue weighted by atomic mass is 79.9. The van der Waals surface area contributed by atoms with Crippen LogP contribution in [0.15, 0.2) is 22.7 Å². The summed E-state index contributed by atoms with van der Waals surface area (Å²) in [7, 11) is 0. The Labute approximate surface area is 122 Å². The molecule has 0 aliphatic heterocycles. The van der Waals surface area contributed by atoms with Crippen LogP contribution in [0.2, 0.25) is 0 Å². The number of amides is 1. The van der Waals surface area contributed by atoms with Gasteiger partial charge in [-0.3, -0.25) is 4.79 Å². The van der Waals surface area contributed by atoms with E-state index in [1.165, 1.54) is 0 Å². The third-order valence-corrected chi connectivity index (χ3v) is 2.98. The summed E-state index contributed by atoms with van der Waals surface area (Å²) in [5.74, 6) is 0.774. The third kappa shape index (κ3) is 5.61. The number of rotatable bonds is 6. The number of nitrogens with one attached hydrogen (secondary N) is 1. The summed E-state index contributed by atoms with van der Waals surface area (Å²) in [6.45, 7) is 6.30. The lowest BCUT2D eigenvalue weighted by atomic mass is 10.1. The number of aliphatic hydroxyl groups excluding tert-OH is 1. The van der Waals surface area contributed by atoms with E-state index in [4.69, 9.17) is 4.74 Å². The van der Waals surface area contributed by atoms with Crippen LogP contribution >= 0.6 is 15.9 Å². The first-order chi connectivity index (χ1) is 8.90. The largest absolute Gasteiger partial charge is 0.483 e. The predicted molar refractivity (Wildman–Crippen MR) is 78.1 cm³/mol. The second-order valence-electron chi connectivity index (χ2n) is 4.84. The van der Waals surface area contributed by atoms with Crippen molar-refractivity contribution in [3.8, 4) is 5.75 Å². The molecule has 4 nitrogen and oxygen atoms in total. The second kappa shape index (κ2) is 7.50. The van der Waals surface area contributed by atoms with E-state index in [1.807, 2.05) is 19.9 Å². The normalized spacial score (nSPS) is 12.3. The van der Waals surface area contributed by atoms with Gasteiger partial charge in [-0.2, -0.15) is 0 Å². The third-order valence-electron chi connectivity index (χ3n) is 2.49. The van der Waals surface area contributed by atoms with Gasteiger partial charge >= 0.3 is 0 Å². The van der Waals surface area contributed by atoms with Gasteiger partial charge in [0.05, 0.1) is 6.10 Å². The van der Waals surface area contributed by atoms with Crippen LogP contribution < -0.4 is 10.1 Å². The molecule has 1 atom stereocenters. The van der Waals surface area contributed by atoms with Crippen LogP contribution in [0.4, 0.5) is 0 Å². The molecule has 0 aromatic heterocycles. The van der Waals surface area contributed by atoms with Crippen LogP contribution in [0.5, 0.6) is 5.75 Å². The zero-order valence-electron chi connectivity index (χ0n) is 11.4. The number of carbonyl (C=O) groups excluding carboxylic acids is 1. The number of halogens is 1. The summed E-state index contributed by atoms with van der Waals surface area (Å²) >= 11 is 3.34. The van der Waals surface area contributed by atoms with Gasteiger partial charge in [-0.1, -0.05) is 29.8 Å². The van der Waals surface area contributed by atoms with Crippen LogP contribution in [-0.4, -0.2) is 24.2 Å². The number of aliphatic hydroxyl groups is 1. The first kappa shape index (κ1) is 16.0. The molecule has 19 heavy (non-hydrogen) atoms. The van der Waals surface area contributed by atoms with Crippen molar-refractivity contribution in [3.63, 3.8) is 0 Å². The van der Waals surface area contributed by atoms with Crippen molar-refractivity contribution in [1.29, 1.82) is 0 Å². The van der Waals surface area contributed by atoms with Gasteiger partial charge in [0.2, 0.25) is 0 Å². The molecular weight excluding hydrogens is 310 g/mol. The quantitative estimate of drug-likeness (QED) is 0.843. The van der Waals surface area contributed by atoms with Crippen molar-refractivity contribution in [2.45, 2.75) is 26.9 Å². The molecule has 0 heterocycles. The lowest BCUT2D eigenvalue weighted by Crippen LogP contribution is -2.31. The van der Waals surface area contributed by atoms with Crippen molar-refractivity contribution < 1.29 is 14.6 Å². The van der Waals surface area contributed by atoms with Gasteiger partial charge < -0.3 is 15.2 Å². The van der Waals surface area contributed by atoms with E-state index < -0.39 is 6.10 Å². The molecule has 0 aliphatic carbocycles. The molecule has 1 rings (SSSR count). The van der Waals surface area contributed by atoms with Gasteiger partial charge in [0.15, 0.2) is 6.61 Å². The average Bonchev–Trinajstić information content (AvgIpc) is 2.34. The van der Waals surface area contributed by atoms with Crippen molar-refractivity contribution in [2.24, 2.45) is 5.92 Å². The van der Waals surface area contributed by atoms with Gasteiger partial charge in [-0.15, -0.1) is 0 Å². The molecule has 106 valence electrons. The molecule has 5 heteroatoms. The van der Waals surface area contributed by atoms with Crippen LogP contribution in [-0.2, 0) is 4.79 Å². The summed E-state index contributed by atoms with van der Waals surface area (Å²) in [6.07, 6.45) is -0.647.